The fraction of sp³-hybridized carbons (Fsp3) is 0.500. The van der Waals surface area contributed by atoms with Crippen molar-refractivity contribution in [1.82, 2.24) is 15.2 Å². The Morgan fingerprint density at radius 1 is 1.43 bits per heavy atom. The smallest absolute Gasteiger partial charge is 0.320 e. The molecule has 1 aliphatic heterocycles. The lowest BCUT2D eigenvalue weighted by atomic mass is 10.1. The lowest BCUT2D eigenvalue weighted by Gasteiger charge is -2.32. The van der Waals surface area contributed by atoms with E-state index < -0.39 is 11.8 Å². The number of pyridine rings is 1. The number of likely N-dealkylation sites (tertiary alicyclic amines) is 1. The van der Waals surface area contributed by atoms with E-state index in [0.29, 0.717) is 6.54 Å². The third-order valence-electron chi connectivity index (χ3n) is 3.24. The summed E-state index contributed by atoms with van der Waals surface area (Å²) in [6.07, 6.45) is 1.30. The monoisotopic (exact) mass is 294 g/mol. The molecule has 1 aliphatic rings. The van der Waals surface area contributed by atoms with Gasteiger partial charge in [0.25, 0.3) is 0 Å². The number of hydrogen-bond donors (Lipinski definition) is 2. The molecule has 0 unspecified atom stereocenters. The first kappa shape index (κ1) is 15.2. The Balaban J connectivity index is 1.89. The minimum atomic E-state index is -0.469. The van der Waals surface area contributed by atoms with Crippen LogP contribution in [-0.2, 0) is 4.79 Å². The molecule has 0 saturated carbocycles. The molecule has 6 nitrogen and oxygen atoms in total. The lowest BCUT2D eigenvalue weighted by molar-refractivity contribution is -0.131. The van der Waals surface area contributed by atoms with Crippen LogP contribution in [0.2, 0.25) is 0 Å². The number of carbonyl (C=O) groups is 2. The van der Waals surface area contributed by atoms with E-state index in [0.717, 1.165) is 6.20 Å². The van der Waals surface area contributed by atoms with Crippen LogP contribution in [0.25, 0.3) is 0 Å². The molecule has 2 heterocycles. The molecule has 2 rings (SSSR count). The number of halogens is 1. The maximum Gasteiger partial charge on any atom is 0.320 e. The van der Waals surface area contributed by atoms with Crippen molar-refractivity contribution in [3.05, 3.63) is 24.1 Å². The van der Waals surface area contributed by atoms with Gasteiger partial charge in [-0.05, 0) is 32.9 Å². The summed E-state index contributed by atoms with van der Waals surface area (Å²) in [7, 11) is 0. The molecule has 2 N–H and O–H groups in total. The number of carbonyl (C=O) groups excluding carboxylic acids is 2. The van der Waals surface area contributed by atoms with Crippen molar-refractivity contribution >= 4 is 17.8 Å². The molecule has 114 valence electrons. The average Bonchev–Trinajstić information content (AvgIpc) is 2.73. The van der Waals surface area contributed by atoms with E-state index in [-0.39, 0.29) is 29.7 Å². The number of urea groups is 1. The number of nitrogens with one attached hydrogen (secondary N) is 2. The Labute approximate surface area is 122 Å². The van der Waals surface area contributed by atoms with E-state index in [9.17, 15) is 14.0 Å². The van der Waals surface area contributed by atoms with Gasteiger partial charge in [-0.25, -0.2) is 14.2 Å². The van der Waals surface area contributed by atoms with Crippen LogP contribution in [0.5, 0.6) is 0 Å². The lowest BCUT2D eigenvalue weighted by Crippen LogP contribution is -2.45. The van der Waals surface area contributed by atoms with E-state index in [1.54, 1.807) is 4.90 Å². The standard InChI is InChI=1S/C14H19FN4O2/c1-14(2,3)19-8-10(6-12(19)20)17-13(21)18-11-5-4-9(15)7-16-11/h4-5,7,10H,6,8H2,1-3H3,(H2,16,17,18,21)/t10-/m0/s1. The van der Waals surface area contributed by atoms with Gasteiger partial charge in [0.2, 0.25) is 5.91 Å². The molecule has 0 bridgehead atoms. The van der Waals surface area contributed by atoms with E-state index in [2.05, 4.69) is 15.6 Å². The van der Waals surface area contributed by atoms with Gasteiger partial charge in [-0.1, -0.05) is 0 Å². The highest BCUT2D eigenvalue weighted by atomic mass is 19.1. The fourth-order valence-corrected chi connectivity index (χ4v) is 2.24. The van der Waals surface area contributed by atoms with Gasteiger partial charge >= 0.3 is 6.03 Å². The average molecular weight is 294 g/mol. The van der Waals surface area contributed by atoms with E-state index in [4.69, 9.17) is 0 Å². The Morgan fingerprint density at radius 2 is 2.14 bits per heavy atom. The Hall–Kier alpha value is -2.18. The zero-order chi connectivity index (χ0) is 15.6. The van der Waals surface area contributed by atoms with Gasteiger partial charge in [-0.15, -0.1) is 0 Å². The minimum absolute atomic E-state index is 0.0210. The van der Waals surface area contributed by atoms with Crippen LogP contribution >= 0.6 is 0 Å². The van der Waals surface area contributed by atoms with Gasteiger partial charge in [0.1, 0.15) is 11.6 Å². The minimum Gasteiger partial charge on any atom is -0.336 e. The number of nitrogens with zero attached hydrogens (tertiary/aromatic N) is 2. The van der Waals surface area contributed by atoms with E-state index in [1.807, 2.05) is 20.8 Å². The normalized spacial score (nSPS) is 18.8. The number of hydrogen-bond acceptors (Lipinski definition) is 3. The van der Waals surface area contributed by atoms with Crippen molar-refractivity contribution in [1.29, 1.82) is 0 Å². The molecule has 1 aromatic heterocycles. The summed E-state index contributed by atoms with van der Waals surface area (Å²) < 4.78 is 12.7. The zero-order valence-electron chi connectivity index (χ0n) is 12.3. The van der Waals surface area contributed by atoms with Crippen molar-refractivity contribution in [3.8, 4) is 0 Å². The second-order valence-corrected chi connectivity index (χ2v) is 6.04. The highest BCUT2D eigenvalue weighted by Gasteiger charge is 2.36. The van der Waals surface area contributed by atoms with Crippen LogP contribution in [-0.4, -0.2) is 39.9 Å². The van der Waals surface area contributed by atoms with Crippen molar-refractivity contribution in [2.45, 2.75) is 38.8 Å². The fourth-order valence-electron chi connectivity index (χ4n) is 2.24. The molecule has 0 aromatic carbocycles. The maximum absolute atomic E-state index is 12.7. The molecule has 1 saturated heterocycles. The molecule has 3 amide bonds. The molecule has 1 aromatic rings. The molecule has 7 heteroatoms. The zero-order valence-corrected chi connectivity index (χ0v) is 12.3. The van der Waals surface area contributed by atoms with Crippen LogP contribution in [0.15, 0.2) is 18.3 Å². The second kappa shape index (κ2) is 5.67. The summed E-state index contributed by atoms with van der Waals surface area (Å²) in [6, 6.07) is 1.89. The number of amides is 3. The van der Waals surface area contributed by atoms with Gasteiger partial charge in [-0.3, -0.25) is 10.1 Å². The summed E-state index contributed by atoms with van der Waals surface area (Å²) in [5.41, 5.74) is -0.261. The summed E-state index contributed by atoms with van der Waals surface area (Å²) in [5, 5.41) is 5.23. The topological polar surface area (TPSA) is 74.3 Å². The quantitative estimate of drug-likeness (QED) is 0.872. The van der Waals surface area contributed by atoms with Crippen molar-refractivity contribution in [2.24, 2.45) is 0 Å². The van der Waals surface area contributed by atoms with Gasteiger partial charge in [0, 0.05) is 18.5 Å². The Kier molecular flexibility index (Phi) is 4.11. The highest BCUT2D eigenvalue weighted by Crippen LogP contribution is 2.21. The molecular weight excluding hydrogens is 275 g/mol. The SMILES string of the molecule is CC(C)(C)N1C[C@@H](NC(=O)Nc2ccc(F)cn2)CC1=O. The van der Waals surface area contributed by atoms with Crippen molar-refractivity contribution in [2.75, 3.05) is 11.9 Å². The van der Waals surface area contributed by atoms with Crippen LogP contribution in [0.4, 0.5) is 15.0 Å². The van der Waals surface area contributed by atoms with Crippen LogP contribution in [0, 0.1) is 5.82 Å². The summed E-state index contributed by atoms with van der Waals surface area (Å²) in [4.78, 5) is 29.2. The predicted molar refractivity (Wildman–Crippen MR) is 76.2 cm³/mol. The number of rotatable bonds is 2. The third kappa shape index (κ3) is 3.90. The predicted octanol–water partition coefficient (Wildman–Crippen LogP) is 1.74. The van der Waals surface area contributed by atoms with E-state index >= 15 is 0 Å². The summed E-state index contributed by atoms with van der Waals surface area (Å²) in [5.74, 6) is -0.193. The van der Waals surface area contributed by atoms with Crippen LogP contribution < -0.4 is 10.6 Å². The molecule has 0 aliphatic carbocycles. The molecule has 21 heavy (non-hydrogen) atoms. The molecule has 1 fully saturated rings. The first-order valence-corrected chi connectivity index (χ1v) is 6.75. The van der Waals surface area contributed by atoms with E-state index in [1.165, 1.54) is 12.1 Å². The first-order valence-electron chi connectivity index (χ1n) is 6.75. The van der Waals surface area contributed by atoms with Gasteiger partial charge in [-0.2, -0.15) is 0 Å². The third-order valence-corrected chi connectivity index (χ3v) is 3.24. The number of aromatic nitrogens is 1. The summed E-state index contributed by atoms with van der Waals surface area (Å²) in [6.45, 7) is 6.34. The van der Waals surface area contributed by atoms with Gasteiger partial charge < -0.3 is 10.2 Å². The second-order valence-electron chi connectivity index (χ2n) is 6.04. The van der Waals surface area contributed by atoms with Crippen LogP contribution in [0.1, 0.15) is 27.2 Å². The number of anilines is 1. The van der Waals surface area contributed by atoms with Gasteiger partial charge in [0.15, 0.2) is 0 Å². The molecule has 0 radical (unpaired) electrons. The van der Waals surface area contributed by atoms with Gasteiger partial charge in [0.05, 0.1) is 12.2 Å². The largest absolute Gasteiger partial charge is 0.336 e. The molecular formula is C14H19FN4O2. The maximum atomic E-state index is 12.7. The first-order chi connectivity index (χ1) is 9.75. The summed E-state index contributed by atoms with van der Waals surface area (Å²) >= 11 is 0. The van der Waals surface area contributed by atoms with Crippen LogP contribution in [0.3, 0.4) is 0 Å². The van der Waals surface area contributed by atoms with Crippen molar-refractivity contribution < 1.29 is 14.0 Å². The Bertz CT molecular complexity index is 539. The highest BCUT2D eigenvalue weighted by molar-refractivity contribution is 5.89. The molecule has 1 atom stereocenters. The molecule has 0 spiro atoms. The van der Waals surface area contributed by atoms with Crippen molar-refractivity contribution in [3.63, 3.8) is 0 Å². The Morgan fingerprint density at radius 3 is 2.67 bits per heavy atom.